The van der Waals surface area contributed by atoms with Crippen LogP contribution in [0.25, 0.3) is 10.9 Å². The summed E-state index contributed by atoms with van der Waals surface area (Å²) >= 11 is 0. The third-order valence-electron chi connectivity index (χ3n) is 3.73. The molecule has 23 heavy (non-hydrogen) atoms. The van der Waals surface area contributed by atoms with Crippen LogP contribution in [0.3, 0.4) is 0 Å². The van der Waals surface area contributed by atoms with Gasteiger partial charge in [0.15, 0.2) is 0 Å². The Morgan fingerprint density at radius 3 is 2.70 bits per heavy atom. The molecule has 0 radical (unpaired) electrons. The van der Waals surface area contributed by atoms with Crippen LogP contribution in [-0.4, -0.2) is 4.98 Å². The molecular formula is C19H19NO3. The zero-order valence-corrected chi connectivity index (χ0v) is 13.1. The third kappa shape index (κ3) is 3.59. The average molecular weight is 309 g/mol. The molecule has 118 valence electrons. The van der Waals surface area contributed by atoms with E-state index in [4.69, 9.17) is 9.15 Å². The standard InChI is InChI=1S/C19H19NO3/c1-2-3-10-15-11-7-12-16-17(15)18(21)23-19(20-16)22-13-14-8-5-4-6-9-14/h4-9,11-12H,2-3,10,13H2,1H3. The lowest BCUT2D eigenvalue weighted by molar-refractivity contribution is 0.207. The van der Waals surface area contributed by atoms with Gasteiger partial charge in [-0.15, -0.1) is 0 Å². The van der Waals surface area contributed by atoms with Gasteiger partial charge < -0.3 is 9.15 Å². The second kappa shape index (κ2) is 7.09. The van der Waals surface area contributed by atoms with E-state index >= 15 is 0 Å². The van der Waals surface area contributed by atoms with E-state index in [1.54, 1.807) is 0 Å². The van der Waals surface area contributed by atoms with E-state index in [9.17, 15) is 4.79 Å². The van der Waals surface area contributed by atoms with E-state index in [-0.39, 0.29) is 11.7 Å². The second-order valence-electron chi connectivity index (χ2n) is 5.46. The summed E-state index contributed by atoms with van der Waals surface area (Å²) in [5.74, 6) is 0. The number of aryl methyl sites for hydroxylation is 1. The molecule has 1 heterocycles. The molecule has 4 nitrogen and oxygen atoms in total. The van der Waals surface area contributed by atoms with E-state index in [1.807, 2.05) is 48.5 Å². The van der Waals surface area contributed by atoms with E-state index in [1.165, 1.54) is 0 Å². The molecule has 0 aliphatic heterocycles. The van der Waals surface area contributed by atoms with Gasteiger partial charge in [0.1, 0.15) is 6.61 Å². The molecule has 0 spiro atoms. The molecule has 0 fully saturated rings. The van der Waals surface area contributed by atoms with Gasteiger partial charge in [0.2, 0.25) is 0 Å². The Kier molecular flexibility index (Phi) is 4.71. The Labute approximate surface area is 134 Å². The predicted molar refractivity (Wildman–Crippen MR) is 89.7 cm³/mol. The molecule has 0 unspecified atom stereocenters. The molecule has 1 aromatic heterocycles. The Balaban J connectivity index is 1.88. The highest BCUT2D eigenvalue weighted by atomic mass is 16.6. The van der Waals surface area contributed by atoms with Crippen molar-refractivity contribution < 1.29 is 9.15 Å². The lowest BCUT2D eigenvalue weighted by atomic mass is 10.0. The van der Waals surface area contributed by atoms with Gasteiger partial charge in [-0.25, -0.2) is 4.79 Å². The van der Waals surface area contributed by atoms with Crippen LogP contribution < -0.4 is 10.4 Å². The van der Waals surface area contributed by atoms with Crippen LogP contribution in [0, 0.1) is 0 Å². The number of fused-ring (bicyclic) bond motifs is 1. The highest BCUT2D eigenvalue weighted by Crippen LogP contribution is 2.19. The number of hydrogen-bond donors (Lipinski definition) is 0. The van der Waals surface area contributed by atoms with Crippen molar-refractivity contribution in [3.05, 3.63) is 70.1 Å². The molecule has 0 saturated heterocycles. The molecule has 3 aromatic rings. The van der Waals surface area contributed by atoms with Crippen LogP contribution in [-0.2, 0) is 13.0 Å². The first-order valence-corrected chi connectivity index (χ1v) is 7.87. The summed E-state index contributed by atoms with van der Waals surface area (Å²) in [4.78, 5) is 16.6. The lowest BCUT2D eigenvalue weighted by Gasteiger charge is -2.07. The molecular weight excluding hydrogens is 290 g/mol. The largest absolute Gasteiger partial charge is 0.445 e. The van der Waals surface area contributed by atoms with Crippen LogP contribution in [0.1, 0.15) is 30.9 Å². The summed E-state index contributed by atoms with van der Waals surface area (Å²) in [5, 5.41) is 0.563. The Morgan fingerprint density at radius 2 is 1.91 bits per heavy atom. The zero-order chi connectivity index (χ0) is 16.1. The van der Waals surface area contributed by atoms with Gasteiger partial charge in [-0.05, 0) is 30.0 Å². The summed E-state index contributed by atoms with van der Waals surface area (Å²) in [7, 11) is 0. The fourth-order valence-corrected chi connectivity index (χ4v) is 2.52. The first-order valence-electron chi connectivity index (χ1n) is 7.87. The molecule has 3 rings (SSSR count). The van der Waals surface area contributed by atoms with Crippen molar-refractivity contribution >= 4 is 10.9 Å². The molecule has 0 bridgehead atoms. The summed E-state index contributed by atoms with van der Waals surface area (Å²) < 4.78 is 10.8. The van der Waals surface area contributed by atoms with Crippen molar-refractivity contribution in [3.8, 4) is 6.08 Å². The van der Waals surface area contributed by atoms with Crippen LogP contribution >= 0.6 is 0 Å². The van der Waals surface area contributed by atoms with Gasteiger partial charge in [-0.3, -0.25) is 0 Å². The number of hydrogen-bond acceptors (Lipinski definition) is 4. The molecule has 0 saturated carbocycles. The smallest absolute Gasteiger partial charge is 0.397 e. The molecule has 4 heteroatoms. The maximum absolute atomic E-state index is 12.3. The van der Waals surface area contributed by atoms with Gasteiger partial charge in [0, 0.05) is 0 Å². The SMILES string of the molecule is CCCCc1cccc2nc(OCc3ccccc3)oc(=O)c12. The molecule has 0 atom stereocenters. The number of benzene rings is 2. The van der Waals surface area contributed by atoms with Crippen molar-refractivity contribution in [2.24, 2.45) is 0 Å². The molecule has 0 N–H and O–H groups in total. The normalized spacial score (nSPS) is 10.8. The van der Waals surface area contributed by atoms with Crippen LogP contribution in [0.5, 0.6) is 6.08 Å². The maximum Gasteiger partial charge on any atom is 0.397 e. The lowest BCUT2D eigenvalue weighted by Crippen LogP contribution is -2.07. The maximum atomic E-state index is 12.3. The average Bonchev–Trinajstić information content (AvgIpc) is 2.59. The van der Waals surface area contributed by atoms with Crippen molar-refractivity contribution in [1.82, 2.24) is 4.98 Å². The Morgan fingerprint density at radius 1 is 1.09 bits per heavy atom. The number of nitrogens with zero attached hydrogens (tertiary/aromatic N) is 1. The fraction of sp³-hybridized carbons (Fsp3) is 0.263. The number of aromatic nitrogens is 1. The van der Waals surface area contributed by atoms with Crippen LogP contribution in [0.15, 0.2) is 57.7 Å². The quantitative estimate of drug-likeness (QED) is 0.687. The first-order chi connectivity index (χ1) is 11.3. The predicted octanol–water partition coefficient (Wildman–Crippen LogP) is 4.11. The van der Waals surface area contributed by atoms with E-state index in [2.05, 4.69) is 11.9 Å². The summed E-state index contributed by atoms with van der Waals surface area (Å²) in [5.41, 5.74) is 2.22. The van der Waals surface area contributed by atoms with Crippen molar-refractivity contribution in [2.45, 2.75) is 32.8 Å². The highest BCUT2D eigenvalue weighted by molar-refractivity contribution is 5.80. The van der Waals surface area contributed by atoms with E-state index in [0.717, 1.165) is 30.4 Å². The summed E-state index contributed by atoms with van der Waals surface area (Å²) in [6.45, 7) is 2.44. The zero-order valence-electron chi connectivity index (χ0n) is 13.1. The van der Waals surface area contributed by atoms with Crippen LogP contribution in [0.4, 0.5) is 0 Å². The minimum absolute atomic E-state index is 0.0130. The summed E-state index contributed by atoms with van der Waals surface area (Å²) in [6, 6.07) is 15.4. The number of ether oxygens (including phenoxy) is 1. The van der Waals surface area contributed by atoms with Crippen molar-refractivity contribution in [1.29, 1.82) is 0 Å². The van der Waals surface area contributed by atoms with Gasteiger partial charge >= 0.3 is 11.7 Å². The van der Waals surface area contributed by atoms with E-state index in [0.29, 0.717) is 17.5 Å². The number of unbranched alkanes of at least 4 members (excludes halogenated alkanes) is 1. The molecule has 0 amide bonds. The molecule has 0 aliphatic carbocycles. The van der Waals surface area contributed by atoms with Crippen molar-refractivity contribution in [2.75, 3.05) is 0 Å². The molecule has 2 aromatic carbocycles. The molecule has 0 aliphatic rings. The van der Waals surface area contributed by atoms with Gasteiger partial charge in [0.05, 0.1) is 10.9 Å². The second-order valence-corrected chi connectivity index (χ2v) is 5.46. The first kappa shape index (κ1) is 15.3. The minimum Gasteiger partial charge on any atom is -0.445 e. The number of rotatable bonds is 6. The minimum atomic E-state index is -0.384. The topological polar surface area (TPSA) is 52.3 Å². The highest BCUT2D eigenvalue weighted by Gasteiger charge is 2.11. The van der Waals surface area contributed by atoms with Crippen molar-refractivity contribution in [3.63, 3.8) is 0 Å². The Bertz CT molecular complexity index is 840. The monoisotopic (exact) mass is 309 g/mol. The summed E-state index contributed by atoms with van der Waals surface area (Å²) in [6.07, 6.45) is 2.97. The van der Waals surface area contributed by atoms with Gasteiger partial charge in [-0.1, -0.05) is 55.8 Å². The Hall–Kier alpha value is -2.62. The van der Waals surface area contributed by atoms with Crippen LogP contribution in [0.2, 0.25) is 0 Å². The third-order valence-corrected chi connectivity index (χ3v) is 3.73. The van der Waals surface area contributed by atoms with Gasteiger partial charge in [0.25, 0.3) is 0 Å². The fourth-order valence-electron chi connectivity index (χ4n) is 2.52. The van der Waals surface area contributed by atoms with E-state index < -0.39 is 0 Å². The van der Waals surface area contributed by atoms with Gasteiger partial charge in [-0.2, -0.15) is 4.98 Å².